The first-order valence-corrected chi connectivity index (χ1v) is 8.47. The smallest absolute Gasteiger partial charge is 0.292 e. The molecule has 0 atom stereocenters. The van der Waals surface area contributed by atoms with E-state index in [1.54, 1.807) is 12.1 Å². The fourth-order valence-corrected chi connectivity index (χ4v) is 4.18. The average Bonchev–Trinajstić information content (AvgIpc) is 2.37. The molecule has 4 nitrogen and oxygen atoms in total. The quantitative estimate of drug-likeness (QED) is 0.800. The Balaban J connectivity index is 2.05. The highest BCUT2D eigenvalue weighted by Crippen LogP contribution is 2.22. The van der Waals surface area contributed by atoms with Gasteiger partial charge in [0.1, 0.15) is 0 Å². The summed E-state index contributed by atoms with van der Waals surface area (Å²) in [6.07, 6.45) is -4.26. The van der Waals surface area contributed by atoms with Crippen LogP contribution in [0.1, 0.15) is 0 Å². The molecule has 0 spiro atoms. The fourth-order valence-electron chi connectivity index (χ4n) is 2.16. The third kappa shape index (κ3) is 4.41. The molecular weight excluding hydrogens is 373 g/mol. The van der Waals surface area contributed by atoms with E-state index in [2.05, 4.69) is 15.9 Å². The molecule has 0 aromatic heterocycles. The first-order chi connectivity index (χ1) is 9.68. The van der Waals surface area contributed by atoms with Crippen LogP contribution in [0.25, 0.3) is 0 Å². The first-order valence-electron chi connectivity index (χ1n) is 6.23. The number of rotatable bonds is 3. The number of piperazine rings is 1. The Morgan fingerprint density at radius 1 is 1.14 bits per heavy atom. The lowest BCUT2D eigenvalue weighted by Crippen LogP contribution is -2.50. The normalized spacial score (nSPS) is 18.9. The summed E-state index contributed by atoms with van der Waals surface area (Å²) in [6.45, 7) is -0.729. The van der Waals surface area contributed by atoms with E-state index in [-0.39, 0.29) is 31.1 Å². The summed E-state index contributed by atoms with van der Waals surface area (Å²) in [4.78, 5) is 1.36. The molecular formula is C12H14BrF3N2O2S. The van der Waals surface area contributed by atoms with E-state index < -0.39 is 22.7 Å². The molecule has 1 aliphatic heterocycles. The Kier molecular flexibility index (Phi) is 4.96. The number of hydrogen-bond donors (Lipinski definition) is 0. The number of benzene rings is 1. The monoisotopic (exact) mass is 386 g/mol. The van der Waals surface area contributed by atoms with Crippen LogP contribution in [0.15, 0.2) is 33.6 Å². The van der Waals surface area contributed by atoms with Gasteiger partial charge in [0.15, 0.2) is 0 Å². The van der Waals surface area contributed by atoms with Crippen LogP contribution in [-0.4, -0.2) is 56.5 Å². The summed E-state index contributed by atoms with van der Waals surface area (Å²) in [5.41, 5.74) is 0. The Morgan fingerprint density at radius 2 is 1.76 bits per heavy atom. The van der Waals surface area contributed by atoms with Crippen molar-refractivity contribution >= 4 is 26.0 Å². The van der Waals surface area contributed by atoms with Crippen molar-refractivity contribution in [3.63, 3.8) is 0 Å². The van der Waals surface area contributed by atoms with Gasteiger partial charge in [-0.25, -0.2) is 8.42 Å². The molecule has 0 unspecified atom stereocenters. The van der Waals surface area contributed by atoms with Crippen LogP contribution in [0.4, 0.5) is 13.2 Å². The van der Waals surface area contributed by atoms with Crippen LogP contribution >= 0.6 is 15.9 Å². The van der Waals surface area contributed by atoms with Gasteiger partial charge in [-0.15, -0.1) is 0 Å². The molecule has 1 saturated heterocycles. The van der Waals surface area contributed by atoms with Gasteiger partial charge in [0.2, 0.25) is 10.0 Å². The Morgan fingerprint density at radius 3 is 2.29 bits per heavy atom. The van der Waals surface area contributed by atoms with Gasteiger partial charge in [0.25, 0.3) is 0 Å². The second-order valence-electron chi connectivity index (χ2n) is 4.75. The molecule has 0 amide bonds. The van der Waals surface area contributed by atoms with Crippen molar-refractivity contribution in [2.75, 3.05) is 32.7 Å². The number of nitrogens with zero attached hydrogens (tertiary/aromatic N) is 2. The highest BCUT2D eigenvalue weighted by atomic mass is 79.9. The minimum atomic E-state index is -4.26. The summed E-state index contributed by atoms with van der Waals surface area (Å²) < 4.78 is 63.6. The number of sulfonamides is 1. The van der Waals surface area contributed by atoms with Gasteiger partial charge in [-0.2, -0.15) is 17.5 Å². The summed E-state index contributed by atoms with van der Waals surface area (Å²) in [6, 6.07) is 6.27. The Labute approximate surface area is 129 Å². The molecule has 9 heteroatoms. The van der Waals surface area contributed by atoms with Crippen molar-refractivity contribution in [3.05, 3.63) is 28.7 Å². The van der Waals surface area contributed by atoms with Gasteiger partial charge in [0, 0.05) is 30.7 Å². The molecule has 1 aliphatic rings. The summed E-state index contributed by atoms with van der Waals surface area (Å²) in [5.74, 6) is 0. The topological polar surface area (TPSA) is 40.6 Å². The zero-order valence-corrected chi connectivity index (χ0v) is 13.4. The number of alkyl halides is 3. The minimum Gasteiger partial charge on any atom is -0.292 e. The zero-order chi connectivity index (χ0) is 15.7. The maximum absolute atomic E-state index is 12.4. The second-order valence-corrected chi connectivity index (χ2v) is 7.61. The van der Waals surface area contributed by atoms with Crippen LogP contribution in [0.5, 0.6) is 0 Å². The summed E-state index contributed by atoms with van der Waals surface area (Å²) in [7, 11) is -3.66. The van der Waals surface area contributed by atoms with E-state index in [4.69, 9.17) is 0 Å². The van der Waals surface area contributed by atoms with Gasteiger partial charge in [-0.05, 0) is 18.2 Å². The Bertz CT molecular complexity index is 599. The molecule has 1 aromatic carbocycles. The van der Waals surface area contributed by atoms with Crippen LogP contribution in [-0.2, 0) is 10.0 Å². The molecule has 0 saturated carbocycles. The molecule has 21 heavy (non-hydrogen) atoms. The van der Waals surface area contributed by atoms with Crippen molar-refractivity contribution < 1.29 is 21.6 Å². The lowest BCUT2D eigenvalue weighted by Gasteiger charge is -2.34. The van der Waals surface area contributed by atoms with E-state index in [1.807, 2.05) is 0 Å². The van der Waals surface area contributed by atoms with Crippen molar-refractivity contribution in [2.45, 2.75) is 11.1 Å². The van der Waals surface area contributed by atoms with Gasteiger partial charge in [-0.3, -0.25) is 4.90 Å². The maximum atomic E-state index is 12.4. The van der Waals surface area contributed by atoms with E-state index in [0.29, 0.717) is 4.47 Å². The maximum Gasteiger partial charge on any atom is 0.401 e. The Hall–Kier alpha value is -0.640. The average molecular weight is 387 g/mol. The molecule has 118 valence electrons. The van der Waals surface area contributed by atoms with Crippen LogP contribution < -0.4 is 0 Å². The molecule has 1 heterocycles. The van der Waals surface area contributed by atoms with Crippen molar-refractivity contribution in [1.82, 2.24) is 9.21 Å². The lowest BCUT2D eigenvalue weighted by atomic mass is 10.3. The van der Waals surface area contributed by atoms with E-state index in [0.717, 1.165) is 0 Å². The van der Waals surface area contributed by atoms with Gasteiger partial charge >= 0.3 is 6.18 Å². The number of hydrogen-bond acceptors (Lipinski definition) is 3. The van der Waals surface area contributed by atoms with Gasteiger partial charge in [0.05, 0.1) is 11.4 Å². The van der Waals surface area contributed by atoms with Crippen molar-refractivity contribution in [2.24, 2.45) is 0 Å². The van der Waals surface area contributed by atoms with Gasteiger partial charge < -0.3 is 0 Å². The van der Waals surface area contributed by atoms with Gasteiger partial charge in [-0.1, -0.05) is 22.0 Å². The molecule has 2 rings (SSSR count). The van der Waals surface area contributed by atoms with E-state index in [9.17, 15) is 21.6 Å². The standard InChI is InChI=1S/C12H14BrF3N2O2S/c13-10-2-1-3-11(8-10)21(19,20)18-6-4-17(5-7-18)9-12(14,15)16/h1-3,8H,4-7,9H2. The second kappa shape index (κ2) is 6.23. The SMILES string of the molecule is O=S(=O)(c1cccc(Br)c1)N1CCN(CC(F)(F)F)CC1. The highest BCUT2D eigenvalue weighted by molar-refractivity contribution is 9.10. The fraction of sp³-hybridized carbons (Fsp3) is 0.500. The number of halogens is 4. The molecule has 0 radical (unpaired) electrons. The zero-order valence-electron chi connectivity index (χ0n) is 11.0. The molecule has 1 aromatic rings. The summed E-state index contributed by atoms with van der Waals surface area (Å²) >= 11 is 3.21. The largest absolute Gasteiger partial charge is 0.401 e. The predicted octanol–water partition coefficient (Wildman–Crippen LogP) is 2.32. The van der Waals surface area contributed by atoms with Crippen molar-refractivity contribution in [1.29, 1.82) is 0 Å². The molecule has 0 N–H and O–H groups in total. The minimum absolute atomic E-state index is 0.0604. The third-order valence-electron chi connectivity index (χ3n) is 3.17. The van der Waals surface area contributed by atoms with E-state index >= 15 is 0 Å². The van der Waals surface area contributed by atoms with Crippen molar-refractivity contribution in [3.8, 4) is 0 Å². The van der Waals surface area contributed by atoms with Crippen LogP contribution in [0.2, 0.25) is 0 Å². The summed E-state index contributed by atoms with van der Waals surface area (Å²) in [5, 5.41) is 0. The first kappa shape index (κ1) is 16.7. The highest BCUT2D eigenvalue weighted by Gasteiger charge is 2.34. The lowest BCUT2D eigenvalue weighted by molar-refractivity contribution is -0.148. The van der Waals surface area contributed by atoms with E-state index in [1.165, 1.54) is 21.3 Å². The molecule has 0 aliphatic carbocycles. The molecule has 0 bridgehead atoms. The van der Waals surface area contributed by atoms with Crippen LogP contribution in [0, 0.1) is 0 Å². The third-order valence-corrected chi connectivity index (χ3v) is 5.56. The molecule has 1 fully saturated rings. The van der Waals surface area contributed by atoms with Crippen LogP contribution in [0.3, 0.4) is 0 Å². The predicted molar refractivity (Wildman–Crippen MR) is 75.4 cm³/mol.